The zero-order valence-corrected chi connectivity index (χ0v) is 19.4. The van der Waals surface area contributed by atoms with Crippen molar-refractivity contribution in [2.45, 2.75) is 59.0 Å². The van der Waals surface area contributed by atoms with Gasteiger partial charge < -0.3 is 14.5 Å². The summed E-state index contributed by atoms with van der Waals surface area (Å²) in [5.74, 6) is 1.79. The van der Waals surface area contributed by atoms with Gasteiger partial charge in [0.1, 0.15) is 11.9 Å². The number of nitrogens with zero attached hydrogens (tertiary/aromatic N) is 3. The molecule has 0 amide bonds. The van der Waals surface area contributed by atoms with Gasteiger partial charge >= 0.3 is 0 Å². The summed E-state index contributed by atoms with van der Waals surface area (Å²) in [5.41, 5.74) is 2.19. The van der Waals surface area contributed by atoms with Crippen LogP contribution in [0.3, 0.4) is 0 Å². The Labute approximate surface area is 187 Å². The number of piperidine rings is 1. The number of aromatic nitrogens is 1. The predicted molar refractivity (Wildman–Crippen MR) is 127 cm³/mol. The first-order valence-corrected chi connectivity index (χ1v) is 11.8. The Balaban J connectivity index is 1.50. The summed E-state index contributed by atoms with van der Waals surface area (Å²) in [6.45, 7) is 10.7. The molecule has 3 heterocycles. The first-order chi connectivity index (χ1) is 14.6. The van der Waals surface area contributed by atoms with Crippen LogP contribution in [0.2, 0.25) is 5.02 Å². The van der Waals surface area contributed by atoms with E-state index in [1.54, 1.807) is 6.20 Å². The molecular weight excluding hydrogens is 394 g/mol. The molecule has 164 valence electrons. The van der Waals surface area contributed by atoms with Gasteiger partial charge in [-0.3, -0.25) is 4.98 Å². The van der Waals surface area contributed by atoms with E-state index in [0.717, 1.165) is 66.9 Å². The van der Waals surface area contributed by atoms with Gasteiger partial charge in [0.05, 0.1) is 10.7 Å². The van der Waals surface area contributed by atoms with Crippen LogP contribution in [0.4, 0.5) is 5.69 Å². The fourth-order valence-electron chi connectivity index (χ4n) is 4.13. The molecule has 1 aromatic heterocycles. The van der Waals surface area contributed by atoms with Crippen molar-refractivity contribution >= 4 is 17.3 Å². The van der Waals surface area contributed by atoms with Gasteiger partial charge in [-0.1, -0.05) is 37.6 Å². The highest BCUT2D eigenvalue weighted by Crippen LogP contribution is 2.29. The van der Waals surface area contributed by atoms with Crippen LogP contribution >= 0.6 is 11.6 Å². The molecule has 2 aliphatic heterocycles. The van der Waals surface area contributed by atoms with Gasteiger partial charge in [0, 0.05) is 50.9 Å². The number of likely N-dealkylation sites (tertiary alicyclic amines) is 1. The molecule has 0 spiro atoms. The van der Waals surface area contributed by atoms with Crippen LogP contribution in [-0.4, -0.2) is 42.2 Å². The Hall–Kier alpha value is -1.94. The molecule has 0 aromatic carbocycles. The van der Waals surface area contributed by atoms with Crippen LogP contribution in [0.25, 0.3) is 0 Å². The second-order valence-electron chi connectivity index (χ2n) is 8.40. The van der Waals surface area contributed by atoms with Crippen molar-refractivity contribution in [1.29, 1.82) is 0 Å². The van der Waals surface area contributed by atoms with Crippen LogP contribution < -0.4 is 4.90 Å². The largest absolute Gasteiger partial charge is 0.491 e. The molecule has 30 heavy (non-hydrogen) atoms. The second-order valence-corrected chi connectivity index (χ2v) is 8.81. The topological polar surface area (TPSA) is 28.6 Å². The summed E-state index contributed by atoms with van der Waals surface area (Å²) >= 11 is 6.41. The van der Waals surface area contributed by atoms with Crippen molar-refractivity contribution in [3.8, 4) is 0 Å². The third kappa shape index (κ3) is 6.53. The van der Waals surface area contributed by atoms with Gasteiger partial charge in [-0.15, -0.1) is 0 Å². The Morgan fingerprint density at radius 3 is 2.73 bits per heavy atom. The molecule has 0 radical (unpaired) electrons. The van der Waals surface area contributed by atoms with Gasteiger partial charge in [0.25, 0.3) is 0 Å². The van der Waals surface area contributed by atoms with Crippen molar-refractivity contribution in [2.75, 3.05) is 31.1 Å². The standard InChI is InChI=1S/C25H36ClN3O/c1-4-8-22(9-6-7-13-28-14-10-20(3)19-28)30-23-11-15-29(16-12-23)25-17-21(5-2)27-18-24(25)26/h4,7-9,13,17-18,20,23H,5-6,10-12,14-16,19H2,1-3H3/b8-4-,13-7+,22-9+/t20-/m1/s1. The number of halogens is 1. The number of allylic oxidation sites excluding steroid dienone is 4. The van der Waals surface area contributed by atoms with Crippen molar-refractivity contribution < 1.29 is 4.74 Å². The summed E-state index contributed by atoms with van der Waals surface area (Å²) < 4.78 is 6.34. The highest BCUT2D eigenvalue weighted by Gasteiger charge is 2.22. The monoisotopic (exact) mass is 429 g/mol. The molecule has 1 atom stereocenters. The van der Waals surface area contributed by atoms with E-state index in [2.05, 4.69) is 65.2 Å². The van der Waals surface area contributed by atoms with E-state index in [4.69, 9.17) is 16.3 Å². The summed E-state index contributed by atoms with van der Waals surface area (Å²) in [7, 11) is 0. The van der Waals surface area contributed by atoms with Crippen molar-refractivity contribution in [3.63, 3.8) is 0 Å². The Bertz CT molecular complexity index is 766. The normalized spacial score (nSPS) is 21.3. The van der Waals surface area contributed by atoms with Gasteiger partial charge in [0.15, 0.2) is 0 Å². The minimum absolute atomic E-state index is 0.248. The number of anilines is 1. The maximum atomic E-state index is 6.41. The number of hydrogen-bond acceptors (Lipinski definition) is 4. The van der Waals surface area contributed by atoms with Gasteiger partial charge in [0.2, 0.25) is 0 Å². The number of aryl methyl sites for hydroxylation is 1. The van der Waals surface area contributed by atoms with Crippen molar-refractivity contribution in [3.05, 3.63) is 59.2 Å². The lowest BCUT2D eigenvalue weighted by Crippen LogP contribution is -2.37. The van der Waals surface area contributed by atoms with E-state index in [1.165, 1.54) is 19.5 Å². The van der Waals surface area contributed by atoms with Crippen LogP contribution in [0, 0.1) is 5.92 Å². The van der Waals surface area contributed by atoms with Crippen LogP contribution in [0.15, 0.2) is 48.5 Å². The van der Waals surface area contributed by atoms with Crippen LogP contribution in [0.5, 0.6) is 0 Å². The molecule has 2 saturated heterocycles. The van der Waals surface area contributed by atoms with Crippen molar-refractivity contribution in [1.82, 2.24) is 9.88 Å². The molecule has 0 bridgehead atoms. The highest BCUT2D eigenvalue weighted by molar-refractivity contribution is 6.33. The molecule has 1 aromatic rings. The number of ether oxygens (including phenoxy) is 1. The third-order valence-corrected chi connectivity index (χ3v) is 6.19. The minimum atomic E-state index is 0.248. The lowest BCUT2D eigenvalue weighted by Gasteiger charge is -2.34. The maximum absolute atomic E-state index is 6.41. The Kier molecular flexibility index (Phi) is 8.68. The van der Waals surface area contributed by atoms with E-state index in [0.29, 0.717) is 0 Å². The zero-order chi connectivity index (χ0) is 21.3. The molecule has 0 saturated carbocycles. The molecule has 2 aliphatic rings. The fourth-order valence-corrected chi connectivity index (χ4v) is 4.35. The first kappa shape index (κ1) is 22.7. The van der Waals surface area contributed by atoms with Crippen LogP contribution in [-0.2, 0) is 11.2 Å². The molecule has 0 unspecified atom stereocenters. The van der Waals surface area contributed by atoms with E-state index in [9.17, 15) is 0 Å². The maximum Gasteiger partial charge on any atom is 0.115 e. The van der Waals surface area contributed by atoms with Crippen molar-refractivity contribution in [2.24, 2.45) is 5.92 Å². The Morgan fingerprint density at radius 1 is 1.27 bits per heavy atom. The number of hydrogen-bond donors (Lipinski definition) is 0. The summed E-state index contributed by atoms with van der Waals surface area (Å²) in [5, 5.41) is 0.736. The van der Waals surface area contributed by atoms with E-state index in [1.807, 2.05) is 6.92 Å². The smallest absolute Gasteiger partial charge is 0.115 e. The molecular formula is C25H36ClN3O. The molecule has 3 rings (SSSR count). The van der Waals surface area contributed by atoms with E-state index >= 15 is 0 Å². The molecule has 2 fully saturated rings. The van der Waals surface area contributed by atoms with E-state index < -0.39 is 0 Å². The second kappa shape index (κ2) is 11.5. The lowest BCUT2D eigenvalue weighted by molar-refractivity contribution is 0.101. The average Bonchev–Trinajstić information content (AvgIpc) is 3.17. The SMILES string of the molecule is C/C=C\C(=C/C/C=C/N1CC[C@@H](C)C1)OC1CCN(c2cc(CC)ncc2Cl)CC1. The van der Waals surface area contributed by atoms with Gasteiger partial charge in [-0.05, 0) is 56.5 Å². The zero-order valence-electron chi connectivity index (χ0n) is 18.7. The third-order valence-electron chi connectivity index (χ3n) is 5.90. The average molecular weight is 430 g/mol. The summed E-state index contributed by atoms with van der Waals surface area (Å²) in [6.07, 6.45) is 17.9. The number of pyridine rings is 1. The highest BCUT2D eigenvalue weighted by atomic mass is 35.5. The van der Waals surface area contributed by atoms with E-state index in [-0.39, 0.29) is 6.10 Å². The molecule has 4 nitrogen and oxygen atoms in total. The Morgan fingerprint density at radius 2 is 2.07 bits per heavy atom. The first-order valence-electron chi connectivity index (χ1n) is 11.4. The molecule has 5 heteroatoms. The summed E-state index contributed by atoms with van der Waals surface area (Å²) in [4.78, 5) is 9.16. The van der Waals surface area contributed by atoms with Gasteiger partial charge in [-0.2, -0.15) is 0 Å². The molecule has 0 N–H and O–H groups in total. The molecule has 0 aliphatic carbocycles. The van der Waals surface area contributed by atoms with Gasteiger partial charge in [-0.25, -0.2) is 0 Å². The quantitative estimate of drug-likeness (QED) is 0.375. The fraction of sp³-hybridized carbons (Fsp3) is 0.560. The lowest BCUT2D eigenvalue weighted by atomic mass is 10.1. The number of rotatable bonds is 8. The van der Waals surface area contributed by atoms with Crippen LogP contribution in [0.1, 0.15) is 52.1 Å². The summed E-state index contributed by atoms with van der Waals surface area (Å²) in [6, 6.07) is 2.13. The predicted octanol–water partition coefficient (Wildman–Crippen LogP) is 5.99. The minimum Gasteiger partial charge on any atom is -0.491 e.